The van der Waals surface area contributed by atoms with Gasteiger partial charge in [-0.3, -0.25) is 9.59 Å². The smallest absolute Gasteiger partial charge is 0.326 e. The van der Waals surface area contributed by atoms with E-state index in [1.54, 1.807) is 36.4 Å². The van der Waals surface area contributed by atoms with Crippen LogP contribution in [0.2, 0.25) is 0 Å². The number of carboxylic acid groups (broad SMARTS) is 2. The molecule has 31 heavy (non-hydrogen) atoms. The molecule has 0 spiro atoms. The van der Waals surface area contributed by atoms with E-state index in [0.717, 1.165) is 5.56 Å². The Morgan fingerprint density at radius 2 is 1.65 bits per heavy atom. The highest BCUT2D eigenvalue weighted by atomic mass is 16.4. The molecule has 0 aliphatic heterocycles. The number of nitrogens with one attached hydrogen (secondary N) is 2. The van der Waals surface area contributed by atoms with Crippen LogP contribution in [0.3, 0.4) is 0 Å². The molecule has 0 heterocycles. The Morgan fingerprint density at radius 3 is 2.26 bits per heavy atom. The van der Waals surface area contributed by atoms with Gasteiger partial charge in [-0.2, -0.15) is 0 Å². The summed E-state index contributed by atoms with van der Waals surface area (Å²) in [7, 11) is 0. The third-order valence-corrected chi connectivity index (χ3v) is 4.67. The molecule has 9 nitrogen and oxygen atoms in total. The maximum Gasteiger partial charge on any atom is 0.326 e. The van der Waals surface area contributed by atoms with Gasteiger partial charge >= 0.3 is 11.9 Å². The van der Waals surface area contributed by atoms with Crippen molar-refractivity contribution in [3.63, 3.8) is 0 Å². The Labute approximate surface area is 179 Å². The average molecular weight is 430 g/mol. The summed E-state index contributed by atoms with van der Waals surface area (Å²) < 4.78 is 0. The van der Waals surface area contributed by atoms with Gasteiger partial charge in [0, 0.05) is 12.5 Å². The fraction of sp³-hybridized carbons (Fsp3) is 0.318. The number of phenolic OH excluding ortho intramolecular Hbond substituents is 2. The van der Waals surface area contributed by atoms with E-state index in [1.165, 1.54) is 12.1 Å². The Balaban J connectivity index is 1.93. The first-order chi connectivity index (χ1) is 14.8. The van der Waals surface area contributed by atoms with Crippen LogP contribution < -0.4 is 10.6 Å². The van der Waals surface area contributed by atoms with E-state index in [2.05, 4.69) is 10.6 Å². The lowest BCUT2D eigenvalue weighted by atomic mass is 10.0. The molecule has 2 aromatic rings. The molecule has 2 rings (SSSR count). The second-order valence-electron chi connectivity index (χ2n) is 7.11. The summed E-state index contributed by atoms with van der Waals surface area (Å²) in [6.45, 7) is 0.266. The van der Waals surface area contributed by atoms with Crippen LogP contribution in [-0.4, -0.2) is 56.9 Å². The van der Waals surface area contributed by atoms with Crippen LogP contribution in [0, 0.1) is 0 Å². The molecular weight excluding hydrogens is 404 g/mol. The van der Waals surface area contributed by atoms with Crippen molar-refractivity contribution in [1.82, 2.24) is 10.6 Å². The highest BCUT2D eigenvalue weighted by Gasteiger charge is 2.26. The van der Waals surface area contributed by atoms with E-state index in [9.17, 15) is 29.7 Å². The molecule has 0 saturated carbocycles. The molecule has 0 unspecified atom stereocenters. The standard InChI is InChI=1S/C22H26N2O7/c25-16-9-8-15(19(26)12-16)7-4-10-23-17(13-20(27)28)21(29)24-18(22(30)31)11-14-5-2-1-3-6-14/h1-3,5-6,8-9,12,17-18,23,25-26H,4,7,10-11,13H2,(H,24,29)(H,27,28)(H,30,31)/t17-,18-/m0/s1. The number of aromatic hydroxyl groups is 2. The van der Waals surface area contributed by atoms with Crippen LogP contribution in [0.1, 0.15) is 24.0 Å². The molecule has 166 valence electrons. The van der Waals surface area contributed by atoms with Gasteiger partial charge in [0.05, 0.1) is 12.5 Å². The van der Waals surface area contributed by atoms with Crippen molar-refractivity contribution >= 4 is 17.8 Å². The Morgan fingerprint density at radius 1 is 0.935 bits per heavy atom. The number of aryl methyl sites for hydroxylation is 1. The zero-order chi connectivity index (χ0) is 22.8. The van der Waals surface area contributed by atoms with E-state index in [0.29, 0.717) is 18.4 Å². The number of phenols is 2. The molecule has 9 heteroatoms. The zero-order valence-electron chi connectivity index (χ0n) is 16.8. The van der Waals surface area contributed by atoms with Crippen LogP contribution in [0.15, 0.2) is 48.5 Å². The second-order valence-corrected chi connectivity index (χ2v) is 7.11. The van der Waals surface area contributed by atoms with E-state index in [-0.39, 0.29) is 24.5 Å². The number of carbonyl (C=O) groups is 3. The number of benzene rings is 2. The zero-order valence-corrected chi connectivity index (χ0v) is 16.8. The summed E-state index contributed by atoms with van der Waals surface area (Å²) in [5.41, 5.74) is 1.33. The molecule has 0 aliphatic rings. The molecule has 0 aliphatic carbocycles. The number of hydrogen-bond acceptors (Lipinski definition) is 6. The lowest BCUT2D eigenvalue weighted by Crippen LogP contribution is -2.51. The third-order valence-electron chi connectivity index (χ3n) is 4.67. The minimum absolute atomic E-state index is 0.0509. The maximum atomic E-state index is 12.6. The molecule has 6 N–H and O–H groups in total. The number of aliphatic carboxylic acids is 2. The van der Waals surface area contributed by atoms with Gasteiger partial charge < -0.3 is 31.1 Å². The van der Waals surface area contributed by atoms with E-state index >= 15 is 0 Å². The summed E-state index contributed by atoms with van der Waals surface area (Å²) in [6, 6.07) is 10.8. The predicted octanol–water partition coefficient (Wildman–Crippen LogP) is 1.28. The van der Waals surface area contributed by atoms with Gasteiger partial charge in [-0.25, -0.2) is 4.79 Å². The van der Waals surface area contributed by atoms with Crippen LogP contribution in [-0.2, 0) is 27.2 Å². The second kappa shape index (κ2) is 11.6. The molecule has 0 bridgehead atoms. The van der Waals surface area contributed by atoms with Crippen molar-refractivity contribution in [3.05, 3.63) is 59.7 Å². The van der Waals surface area contributed by atoms with Gasteiger partial charge in [0.15, 0.2) is 0 Å². The summed E-state index contributed by atoms with van der Waals surface area (Å²) in [4.78, 5) is 35.3. The van der Waals surface area contributed by atoms with Crippen molar-refractivity contribution in [2.75, 3.05) is 6.54 Å². The van der Waals surface area contributed by atoms with Crippen LogP contribution in [0.25, 0.3) is 0 Å². The Bertz CT molecular complexity index is 902. The van der Waals surface area contributed by atoms with Crippen molar-refractivity contribution in [2.45, 2.75) is 37.8 Å². The molecule has 0 aromatic heterocycles. The lowest BCUT2D eigenvalue weighted by molar-refractivity contribution is -0.143. The first kappa shape index (κ1) is 23.7. The molecule has 0 radical (unpaired) electrons. The minimum atomic E-state index is -1.21. The molecule has 0 saturated heterocycles. The normalized spacial score (nSPS) is 12.6. The Hall–Kier alpha value is -3.59. The number of carboxylic acids is 2. The number of carbonyl (C=O) groups excluding carboxylic acids is 1. The fourth-order valence-corrected chi connectivity index (χ4v) is 3.07. The van der Waals surface area contributed by atoms with Crippen molar-refractivity contribution in [1.29, 1.82) is 0 Å². The SMILES string of the molecule is O=C(O)C[C@H](NCCCc1ccc(O)cc1O)C(=O)N[C@@H](Cc1ccccc1)C(=O)O. The van der Waals surface area contributed by atoms with Crippen LogP contribution in [0.5, 0.6) is 11.5 Å². The maximum absolute atomic E-state index is 12.6. The van der Waals surface area contributed by atoms with Crippen LogP contribution in [0.4, 0.5) is 0 Å². The Kier molecular flexibility index (Phi) is 8.83. The van der Waals surface area contributed by atoms with E-state index in [4.69, 9.17) is 5.11 Å². The van der Waals surface area contributed by atoms with Gasteiger partial charge in [-0.05, 0) is 36.6 Å². The fourth-order valence-electron chi connectivity index (χ4n) is 3.07. The summed E-state index contributed by atoms with van der Waals surface area (Å²) in [5, 5.41) is 42.9. The van der Waals surface area contributed by atoms with Gasteiger partial charge in [-0.15, -0.1) is 0 Å². The minimum Gasteiger partial charge on any atom is -0.508 e. The van der Waals surface area contributed by atoms with Crippen molar-refractivity contribution in [2.24, 2.45) is 0 Å². The molecular formula is C22H26N2O7. The molecule has 0 fully saturated rings. The highest BCUT2D eigenvalue weighted by Crippen LogP contribution is 2.23. The van der Waals surface area contributed by atoms with Crippen LogP contribution >= 0.6 is 0 Å². The summed E-state index contributed by atoms with van der Waals surface area (Å²) in [6.07, 6.45) is 0.482. The highest BCUT2D eigenvalue weighted by molar-refractivity contribution is 5.89. The lowest BCUT2D eigenvalue weighted by Gasteiger charge is -2.20. The quantitative estimate of drug-likeness (QED) is 0.275. The average Bonchev–Trinajstić information content (AvgIpc) is 2.71. The van der Waals surface area contributed by atoms with Crippen molar-refractivity contribution < 1.29 is 34.8 Å². The molecule has 2 aromatic carbocycles. The van der Waals surface area contributed by atoms with Gasteiger partial charge in [0.25, 0.3) is 0 Å². The number of amides is 1. The number of hydrogen-bond donors (Lipinski definition) is 6. The molecule has 1 amide bonds. The van der Waals surface area contributed by atoms with Gasteiger partial charge in [-0.1, -0.05) is 36.4 Å². The van der Waals surface area contributed by atoms with Gasteiger partial charge in [0.2, 0.25) is 5.91 Å². The summed E-state index contributed by atoms with van der Waals surface area (Å²) >= 11 is 0. The van der Waals surface area contributed by atoms with E-state index in [1.807, 2.05) is 0 Å². The topological polar surface area (TPSA) is 156 Å². The van der Waals surface area contributed by atoms with Crippen molar-refractivity contribution in [3.8, 4) is 11.5 Å². The summed E-state index contributed by atoms with van der Waals surface area (Å²) in [5.74, 6) is -3.22. The number of rotatable bonds is 12. The van der Waals surface area contributed by atoms with Gasteiger partial charge in [0.1, 0.15) is 17.5 Å². The predicted molar refractivity (Wildman–Crippen MR) is 112 cm³/mol. The first-order valence-electron chi connectivity index (χ1n) is 9.79. The first-order valence-corrected chi connectivity index (χ1v) is 9.79. The largest absolute Gasteiger partial charge is 0.508 e. The third kappa shape index (κ3) is 7.98. The van der Waals surface area contributed by atoms with E-state index < -0.39 is 36.4 Å². The molecule has 2 atom stereocenters. The monoisotopic (exact) mass is 430 g/mol.